The van der Waals surface area contributed by atoms with E-state index in [0.29, 0.717) is 10.8 Å². The number of quaternary nitrogens is 1. The number of H-pyrrole nitrogens is 1. The van der Waals surface area contributed by atoms with E-state index < -0.39 is 0 Å². The van der Waals surface area contributed by atoms with Crippen molar-refractivity contribution in [3.05, 3.63) is 64.4 Å². The molecule has 2 aromatic heterocycles. The molecule has 1 aliphatic rings. The molecule has 2 atom stereocenters. The normalized spacial score (nSPS) is 19.7. The van der Waals surface area contributed by atoms with Crippen LogP contribution in [0.1, 0.15) is 23.9 Å². The van der Waals surface area contributed by atoms with E-state index in [0.717, 1.165) is 30.1 Å². The number of nitrogens with one attached hydrogen (secondary N) is 2. The summed E-state index contributed by atoms with van der Waals surface area (Å²) in [6.07, 6.45) is 2.38. The minimum atomic E-state index is 0.424. The molecule has 2 aromatic carbocycles. The summed E-state index contributed by atoms with van der Waals surface area (Å²) in [4.78, 5) is 10.9. The highest BCUT2D eigenvalue weighted by Crippen LogP contribution is 2.28. The third kappa shape index (κ3) is 3.22. The lowest BCUT2D eigenvalue weighted by atomic mass is 10.2. The molecule has 1 aliphatic heterocycles. The zero-order valence-electron chi connectivity index (χ0n) is 14.8. The van der Waals surface area contributed by atoms with Gasteiger partial charge in [0.15, 0.2) is 17.5 Å². The maximum atomic E-state index is 5.51. The third-order valence-corrected chi connectivity index (χ3v) is 6.64. The molecule has 1 saturated heterocycles. The van der Waals surface area contributed by atoms with Gasteiger partial charge in [-0.25, -0.2) is 9.67 Å². The molecule has 27 heavy (non-hydrogen) atoms. The van der Waals surface area contributed by atoms with Crippen molar-refractivity contribution >= 4 is 33.8 Å². The van der Waals surface area contributed by atoms with Crippen molar-refractivity contribution in [1.29, 1.82) is 0 Å². The lowest BCUT2D eigenvalue weighted by molar-refractivity contribution is -0.941. The lowest BCUT2D eigenvalue weighted by Crippen LogP contribution is -3.09. The van der Waals surface area contributed by atoms with E-state index in [-0.39, 0.29) is 0 Å². The first kappa shape index (κ1) is 16.8. The molecular weight excluding hydrogens is 374 g/mol. The van der Waals surface area contributed by atoms with E-state index in [9.17, 15) is 0 Å². The molecule has 4 aromatic rings. The van der Waals surface area contributed by atoms with Gasteiger partial charge in [-0.15, -0.1) is 11.3 Å². The molecular formula is C20H20N5S2+. The van der Waals surface area contributed by atoms with Gasteiger partial charge in [0.2, 0.25) is 4.77 Å². The van der Waals surface area contributed by atoms with E-state index in [1.807, 2.05) is 46.4 Å². The van der Waals surface area contributed by atoms with Gasteiger partial charge in [0.05, 0.1) is 16.8 Å². The van der Waals surface area contributed by atoms with Crippen LogP contribution in [-0.2, 0) is 6.67 Å². The maximum Gasteiger partial charge on any atom is 0.221 e. The molecule has 2 N–H and O–H groups in total. The van der Waals surface area contributed by atoms with Gasteiger partial charge in [-0.1, -0.05) is 42.5 Å². The highest BCUT2D eigenvalue weighted by Gasteiger charge is 2.33. The number of benzene rings is 2. The van der Waals surface area contributed by atoms with Gasteiger partial charge in [0, 0.05) is 18.4 Å². The maximum absolute atomic E-state index is 5.51. The Morgan fingerprint density at radius 1 is 1.11 bits per heavy atom. The summed E-state index contributed by atoms with van der Waals surface area (Å²) < 4.78 is 3.87. The average molecular weight is 395 g/mol. The van der Waals surface area contributed by atoms with Crippen LogP contribution in [0.5, 0.6) is 0 Å². The molecule has 1 unspecified atom stereocenters. The number of fused-ring (bicyclic) bond motifs is 1. The van der Waals surface area contributed by atoms with E-state index in [4.69, 9.17) is 17.2 Å². The van der Waals surface area contributed by atoms with Gasteiger partial charge in [0.1, 0.15) is 6.04 Å². The number of aromatic amines is 1. The largest absolute Gasteiger partial charge is 0.308 e. The van der Waals surface area contributed by atoms with Gasteiger partial charge < -0.3 is 4.90 Å². The fourth-order valence-electron chi connectivity index (χ4n) is 3.83. The van der Waals surface area contributed by atoms with E-state index >= 15 is 0 Å². The zero-order valence-corrected chi connectivity index (χ0v) is 16.4. The molecule has 1 fully saturated rings. The highest BCUT2D eigenvalue weighted by molar-refractivity contribution is 7.71. The quantitative estimate of drug-likeness (QED) is 0.520. The van der Waals surface area contributed by atoms with Crippen molar-refractivity contribution in [3.63, 3.8) is 0 Å². The summed E-state index contributed by atoms with van der Waals surface area (Å²) in [6, 6.07) is 18.9. The number of rotatable bonds is 4. The SMILES string of the molecule is S=c1nc(-c2ccccc2)[nH]n1C[NH+]1CCC[C@H]1c1nc2ccccc2s1. The van der Waals surface area contributed by atoms with Crippen LogP contribution >= 0.6 is 23.6 Å². The Balaban J connectivity index is 1.41. The Labute approximate surface area is 166 Å². The number of hydrogen-bond acceptors (Lipinski definition) is 4. The number of nitrogens with zero attached hydrogens (tertiary/aromatic N) is 3. The van der Waals surface area contributed by atoms with Crippen molar-refractivity contribution in [2.24, 2.45) is 0 Å². The molecule has 0 amide bonds. The van der Waals surface area contributed by atoms with Gasteiger partial charge in [-0.2, -0.15) is 4.98 Å². The Kier molecular flexibility index (Phi) is 4.35. The second kappa shape index (κ2) is 6.99. The van der Waals surface area contributed by atoms with Crippen LogP contribution in [-0.4, -0.2) is 26.3 Å². The van der Waals surface area contributed by atoms with E-state index in [2.05, 4.69) is 34.3 Å². The van der Waals surface area contributed by atoms with Gasteiger partial charge >= 0.3 is 0 Å². The first-order valence-corrected chi connectivity index (χ1v) is 10.4. The van der Waals surface area contributed by atoms with E-state index in [1.54, 1.807) is 0 Å². The molecule has 0 spiro atoms. The van der Waals surface area contributed by atoms with Crippen LogP contribution in [0.3, 0.4) is 0 Å². The van der Waals surface area contributed by atoms with Crippen LogP contribution in [0.2, 0.25) is 0 Å². The molecule has 7 heteroatoms. The number of aromatic nitrogens is 4. The zero-order chi connectivity index (χ0) is 18.2. The van der Waals surface area contributed by atoms with Crippen LogP contribution in [0, 0.1) is 4.77 Å². The molecule has 5 nitrogen and oxygen atoms in total. The number of para-hydroxylation sites is 1. The minimum absolute atomic E-state index is 0.424. The summed E-state index contributed by atoms with van der Waals surface area (Å²) in [7, 11) is 0. The van der Waals surface area contributed by atoms with E-state index in [1.165, 1.54) is 27.4 Å². The minimum Gasteiger partial charge on any atom is -0.308 e. The number of hydrogen-bond donors (Lipinski definition) is 2. The van der Waals surface area contributed by atoms with Crippen LogP contribution in [0.15, 0.2) is 54.6 Å². The van der Waals surface area contributed by atoms with Gasteiger partial charge in [-0.05, 0) is 24.4 Å². The predicted molar refractivity (Wildman–Crippen MR) is 110 cm³/mol. The molecule has 136 valence electrons. The average Bonchev–Trinajstić information content (AvgIpc) is 3.41. The fraction of sp³-hybridized carbons (Fsp3) is 0.250. The van der Waals surface area contributed by atoms with Crippen LogP contribution in [0.4, 0.5) is 0 Å². The molecule has 0 saturated carbocycles. The van der Waals surface area contributed by atoms with Gasteiger partial charge in [-0.3, -0.25) is 5.10 Å². The molecule has 0 radical (unpaired) electrons. The second-order valence-electron chi connectivity index (χ2n) is 6.93. The first-order chi connectivity index (χ1) is 13.3. The first-order valence-electron chi connectivity index (χ1n) is 9.20. The monoisotopic (exact) mass is 394 g/mol. The summed E-state index contributed by atoms with van der Waals surface area (Å²) in [6.45, 7) is 1.92. The van der Waals surface area contributed by atoms with Crippen molar-refractivity contribution in [2.45, 2.75) is 25.6 Å². The van der Waals surface area contributed by atoms with Gasteiger partial charge in [0.25, 0.3) is 0 Å². The van der Waals surface area contributed by atoms with Crippen molar-refractivity contribution in [1.82, 2.24) is 19.7 Å². The summed E-state index contributed by atoms with van der Waals surface area (Å²) in [5, 5.41) is 4.62. The molecule has 0 aliphatic carbocycles. The van der Waals surface area contributed by atoms with Crippen molar-refractivity contribution < 1.29 is 4.90 Å². The Morgan fingerprint density at radius 3 is 2.78 bits per heavy atom. The standard InChI is InChI=1S/C20H19N5S2/c26-20-22-18(14-7-2-1-3-8-14)23-25(20)13-24-12-6-10-16(24)19-21-15-9-4-5-11-17(15)27-19/h1-5,7-9,11,16H,6,10,12-13H2,(H,22,23,26)/p+1/t16-/m0/s1. The third-order valence-electron chi connectivity index (χ3n) is 5.18. The number of thiazole rings is 1. The highest BCUT2D eigenvalue weighted by atomic mass is 32.1. The summed E-state index contributed by atoms with van der Waals surface area (Å²) in [5.74, 6) is 0.829. The Bertz CT molecular complexity index is 1090. The summed E-state index contributed by atoms with van der Waals surface area (Å²) >= 11 is 7.33. The molecule has 5 rings (SSSR count). The second-order valence-corrected chi connectivity index (χ2v) is 8.36. The number of likely N-dealkylation sites (tertiary alicyclic amines) is 1. The molecule has 0 bridgehead atoms. The molecule has 3 heterocycles. The van der Waals surface area contributed by atoms with Crippen molar-refractivity contribution in [3.8, 4) is 11.4 Å². The van der Waals surface area contributed by atoms with Crippen LogP contribution < -0.4 is 4.90 Å². The Hall–Kier alpha value is -2.35. The van der Waals surface area contributed by atoms with Crippen LogP contribution in [0.25, 0.3) is 21.6 Å². The Morgan fingerprint density at radius 2 is 1.93 bits per heavy atom. The summed E-state index contributed by atoms with van der Waals surface area (Å²) in [5.41, 5.74) is 2.16. The lowest BCUT2D eigenvalue weighted by Gasteiger charge is -2.19. The predicted octanol–water partition coefficient (Wildman–Crippen LogP) is 3.59. The smallest absolute Gasteiger partial charge is 0.221 e. The topological polar surface area (TPSA) is 50.9 Å². The fourth-order valence-corrected chi connectivity index (χ4v) is 5.19. The van der Waals surface area contributed by atoms with Crippen molar-refractivity contribution in [2.75, 3.05) is 6.54 Å².